The highest BCUT2D eigenvalue weighted by atomic mass is 16.5. The van der Waals surface area contributed by atoms with E-state index in [1.165, 1.54) is 0 Å². The fourth-order valence-corrected chi connectivity index (χ4v) is 1.73. The zero-order chi connectivity index (χ0) is 17.8. The number of hydrogen-bond acceptors (Lipinski definition) is 7. The molecule has 0 heterocycles. The zero-order valence-electron chi connectivity index (χ0n) is 13.5. The standard InChI is InChI=1S/C14H23NO8/c1-4-21-8-10(16)15-12(13(18)19)9(14(20)23-6-3)7-11(17)22-5-2/h9,12H,4-8H2,1-3H3,(H,15,16)(H,18,19)/t9-,12-/m0/s1. The van der Waals surface area contributed by atoms with Gasteiger partial charge in [-0.3, -0.25) is 14.4 Å². The molecule has 0 aliphatic heterocycles. The Hall–Kier alpha value is -2.16. The first-order valence-electron chi connectivity index (χ1n) is 7.29. The van der Waals surface area contributed by atoms with Gasteiger partial charge >= 0.3 is 17.9 Å². The third-order valence-corrected chi connectivity index (χ3v) is 2.70. The second-order valence-electron chi connectivity index (χ2n) is 4.39. The van der Waals surface area contributed by atoms with Crippen LogP contribution in [0.4, 0.5) is 0 Å². The van der Waals surface area contributed by atoms with Gasteiger partial charge in [0, 0.05) is 6.61 Å². The maximum Gasteiger partial charge on any atom is 0.327 e. The van der Waals surface area contributed by atoms with E-state index in [1.807, 2.05) is 0 Å². The highest BCUT2D eigenvalue weighted by molar-refractivity contribution is 5.90. The van der Waals surface area contributed by atoms with E-state index in [2.05, 4.69) is 5.32 Å². The number of carbonyl (C=O) groups excluding carboxylic acids is 3. The Morgan fingerprint density at radius 1 is 1.00 bits per heavy atom. The van der Waals surface area contributed by atoms with E-state index in [9.17, 15) is 24.3 Å². The molecule has 2 atom stereocenters. The van der Waals surface area contributed by atoms with Gasteiger partial charge in [-0.1, -0.05) is 0 Å². The Kier molecular flexibility index (Phi) is 10.3. The summed E-state index contributed by atoms with van der Waals surface area (Å²) in [4.78, 5) is 46.6. The minimum absolute atomic E-state index is 0.0113. The van der Waals surface area contributed by atoms with Crippen molar-refractivity contribution in [2.75, 3.05) is 26.4 Å². The first kappa shape index (κ1) is 20.8. The average Bonchev–Trinajstić information content (AvgIpc) is 2.48. The van der Waals surface area contributed by atoms with Crippen molar-refractivity contribution >= 4 is 23.8 Å². The molecule has 0 aromatic carbocycles. The molecule has 0 aromatic heterocycles. The molecule has 0 aromatic rings. The summed E-state index contributed by atoms with van der Waals surface area (Å²) in [5, 5.41) is 11.4. The minimum atomic E-state index is -1.62. The number of aliphatic carboxylic acids is 1. The number of nitrogens with one attached hydrogen (secondary N) is 1. The van der Waals surface area contributed by atoms with Gasteiger partial charge in [-0.15, -0.1) is 0 Å². The van der Waals surface area contributed by atoms with Crippen LogP contribution in [0.25, 0.3) is 0 Å². The van der Waals surface area contributed by atoms with E-state index >= 15 is 0 Å². The molecule has 0 saturated heterocycles. The number of ether oxygens (including phenoxy) is 3. The van der Waals surface area contributed by atoms with Crippen molar-refractivity contribution in [3.8, 4) is 0 Å². The lowest BCUT2D eigenvalue weighted by Crippen LogP contribution is -2.50. The van der Waals surface area contributed by atoms with E-state index in [0.29, 0.717) is 0 Å². The van der Waals surface area contributed by atoms with Gasteiger partial charge in [0.05, 0.1) is 25.6 Å². The molecule has 0 spiro atoms. The van der Waals surface area contributed by atoms with Crippen LogP contribution in [0, 0.1) is 5.92 Å². The molecule has 2 N–H and O–H groups in total. The molecule has 0 fully saturated rings. The third-order valence-electron chi connectivity index (χ3n) is 2.70. The SMILES string of the molecule is CCOCC(=O)N[C@H](C(=O)O)[C@H](CC(=O)OCC)C(=O)OCC. The first-order chi connectivity index (χ1) is 10.9. The number of carbonyl (C=O) groups is 4. The molecule has 0 bridgehead atoms. The number of hydrogen-bond donors (Lipinski definition) is 2. The maximum absolute atomic E-state index is 11.9. The van der Waals surface area contributed by atoms with E-state index in [-0.39, 0.29) is 26.4 Å². The zero-order valence-corrected chi connectivity index (χ0v) is 13.5. The van der Waals surface area contributed by atoms with Crippen LogP contribution in [0.5, 0.6) is 0 Å². The molecule has 0 unspecified atom stereocenters. The molecule has 0 rings (SSSR count). The summed E-state index contributed by atoms with van der Waals surface area (Å²) in [6.45, 7) is 4.81. The topological polar surface area (TPSA) is 128 Å². The number of carboxylic acids is 1. The summed E-state index contributed by atoms with van der Waals surface area (Å²) in [6, 6.07) is -1.62. The highest BCUT2D eigenvalue weighted by Crippen LogP contribution is 2.14. The average molecular weight is 333 g/mol. The summed E-state index contributed by atoms with van der Waals surface area (Å²) in [5.74, 6) is -5.22. The highest BCUT2D eigenvalue weighted by Gasteiger charge is 2.38. The minimum Gasteiger partial charge on any atom is -0.480 e. The van der Waals surface area contributed by atoms with Crippen molar-refractivity contribution in [3.63, 3.8) is 0 Å². The van der Waals surface area contributed by atoms with Crippen molar-refractivity contribution < 1.29 is 38.5 Å². The number of rotatable bonds is 11. The lowest BCUT2D eigenvalue weighted by atomic mass is 9.96. The fourth-order valence-electron chi connectivity index (χ4n) is 1.73. The number of esters is 2. The largest absolute Gasteiger partial charge is 0.480 e. The molecule has 0 aliphatic carbocycles. The molecule has 9 heteroatoms. The quantitative estimate of drug-likeness (QED) is 0.494. The Morgan fingerprint density at radius 3 is 2.09 bits per heavy atom. The summed E-state index contributed by atoms with van der Waals surface area (Å²) < 4.78 is 14.4. The maximum atomic E-state index is 11.9. The van der Waals surface area contributed by atoms with E-state index in [4.69, 9.17) is 14.2 Å². The van der Waals surface area contributed by atoms with Crippen LogP contribution in [-0.4, -0.2) is 61.4 Å². The number of carboxylic acid groups (broad SMARTS) is 1. The van der Waals surface area contributed by atoms with Crippen LogP contribution < -0.4 is 5.32 Å². The van der Waals surface area contributed by atoms with Gasteiger partial charge in [0.15, 0.2) is 0 Å². The van der Waals surface area contributed by atoms with Crippen LogP contribution >= 0.6 is 0 Å². The molecule has 0 radical (unpaired) electrons. The fraction of sp³-hybridized carbons (Fsp3) is 0.714. The molecule has 9 nitrogen and oxygen atoms in total. The third kappa shape index (κ3) is 8.15. The second kappa shape index (κ2) is 11.4. The van der Waals surface area contributed by atoms with Crippen LogP contribution in [0.2, 0.25) is 0 Å². The van der Waals surface area contributed by atoms with Gasteiger partial charge in [-0.2, -0.15) is 0 Å². The summed E-state index contributed by atoms with van der Waals surface area (Å²) >= 11 is 0. The van der Waals surface area contributed by atoms with Crippen molar-refractivity contribution in [2.24, 2.45) is 5.92 Å². The summed E-state index contributed by atoms with van der Waals surface area (Å²) in [7, 11) is 0. The molecule has 0 saturated carbocycles. The molecule has 1 amide bonds. The molecule has 132 valence electrons. The van der Waals surface area contributed by atoms with Crippen molar-refractivity contribution in [3.05, 3.63) is 0 Å². The van der Waals surface area contributed by atoms with Crippen LogP contribution in [-0.2, 0) is 33.4 Å². The van der Waals surface area contributed by atoms with Gasteiger partial charge in [0.1, 0.15) is 12.6 Å². The monoisotopic (exact) mass is 333 g/mol. The Morgan fingerprint density at radius 2 is 1.61 bits per heavy atom. The predicted octanol–water partition coefficient (Wildman–Crippen LogP) is -0.275. The summed E-state index contributed by atoms with van der Waals surface area (Å²) in [6.07, 6.45) is -0.515. The molecular formula is C14H23NO8. The van der Waals surface area contributed by atoms with Crippen molar-refractivity contribution in [2.45, 2.75) is 33.2 Å². The summed E-state index contributed by atoms with van der Waals surface area (Å²) in [5.41, 5.74) is 0. The number of amides is 1. The van der Waals surface area contributed by atoms with E-state index in [0.717, 1.165) is 0 Å². The lowest BCUT2D eigenvalue weighted by Gasteiger charge is -2.22. The van der Waals surface area contributed by atoms with Gasteiger partial charge in [0.2, 0.25) is 5.91 Å². The van der Waals surface area contributed by atoms with Crippen molar-refractivity contribution in [1.29, 1.82) is 0 Å². The van der Waals surface area contributed by atoms with Crippen LogP contribution in [0.15, 0.2) is 0 Å². The van der Waals surface area contributed by atoms with Gasteiger partial charge in [-0.05, 0) is 20.8 Å². The Balaban J connectivity index is 5.14. The first-order valence-corrected chi connectivity index (χ1v) is 7.29. The van der Waals surface area contributed by atoms with Gasteiger partial charge in [0.25, 0.3) is 0 Å². The Labute approximate surface area is 134 Å². The van der Waals surface area contributed by atoms with Crippen molar-refractivity contribution in [1.82, 2.24) is 5.32 Å². The molecule has 0 aliphatic rings. The van der Waals surface area contributed by atoms with E-state index in [1.54, 1.807) is 20.8 Å². The second-order valence-corrected chi connectivity index (χ2v) is 4.39. The van der Waals surface area contributed by atoms with Gasteiger partial charge in [-0.25, -0.2) is 4.79 Å². The van der Waals surface area contributed by atoms with E-state index < -0.39 is 42.2 Å². The predicted molar refractivity (Wildman–Crippen MR) is 77.4 cm³/mol. The smallest absolute Gasteiger partial charge is 0.327 e. The van der Waals surface area contributed by atoms with Crippen LogP contribution in [0.1, 0.15) is 27.2 Å². The molecule has 23 heavy (non-hydrogen) atoms. The Bertz CT molecular complexity index is 423. The van der Waals surface area contributed by atoms with Crippen LogP contribution in [0.3, 0.4) is 0 Å². The van der Waals surface area contributed by atoms with Gasteiger partial charge < -0.3 is 24.6 Å². The molecular weight excluding hydrogens is 310 g/mol. The normalized spacial score (nSPS) is 12.8. The lowest BCUT2D eigenvalue weighted by molar-refractivity contribution is -0.160.